The van der Waals surface area contributed by atoms with Gasteiger partial charge >= 0.3 is 5.97 Å². The molecule has 0 spiro atoms. The van der Waals surface area contributed by atoms with Gasteiger partial charge in [0.05, 0.1) is 11.5 Å². The number of aliphatic carboxylic acids is 1. The number of carbonyl (C=O) groups excluding carboxylic acids is 1. The van der Waals surface area contributed by atoms with Gasteiger partial charge in [-0.15, -0.1) is 11.8 Å². The summed E-state index contributed by atoms with van der Waals surface area (Å²) in [4.78, 5) is 23.9. The maximum atomic E-state index is 11.8. The third-order valence-electron chi connectivity index (χ3n) is 2.86. The molecule has 5 nitrogen and oxygen atoms in total. The van der Waals surface area contributed by atoms with E-state index in [-0.39, 0.29) is 24.0 Å². The van der Waals surface area contributed by atoms with Crippen LogP contribution < -0.4 is 0 Å². The van der Waals surface area contributed by atoms with Crippen LogP contribution in [0, 0.1) is 5.92 Å². The van der Waals surface area contributed by atoms with Gasteiger partial charge in [-0.1, -0.05) is 0 Å². The van der Waals surface area contributed by atoms with Crippen molar-refractivity contribution in [3.8, 4) is 0 Å². The summed E-state index contributed by atoms with van der Waals surface area (Å²) in [6, 6.07) is 0. The van der Waals surface area contributed by atoms with E-state index in [0.717, 1.165) is 37.6 Å². The van der Waals surface area contributed by atoms with Crippen LogP contribution in [0.25, 0.3) is 0 Å². The van der Waals surface area contributed by atoms with Gasteiger partial charge in [0.2, 0.25) is 5.91 Å². The van der Waals surface area contributed by atoms with E-state index in [4.69, 9.17) is 10.2 Å². The first-order valence-corrected chi connectivity index (χ1v) is 6.97. The van der Waals surface area contributed by atoms with Crippen molar-refractivity contribution < 1.29 is 19.8 Å². The van der Waals surface area contributed by atoms with Gasteiger partial charge in [0, 0.05) is 19.7 Å². The normalized spacial score (nSPS) is 20.3. The number of thioether (sulfide) groups is 1. The maximum absolute atomic E-state index is 11.8. The summed E-state index contributed by atoms with van der Waals surface area (Å²) >= 11 is 1.14. The van der Waals surface area contributed by atoms with Crippen LogP contribution in [0.15, 0.2) is 0 Å². The summed E-state index contributed by atoms with van der Waals surface area (Å²) in [6.07, 6.45) is 2.78. The molecule has 0 aliphatic carbocycles. The summed E-state index contributed by atoms with van der Waals surface area (Å²) in [5.74, 6) is -0.279. The van der Waals surface area contributed by atoms with Crippen molar-refractivity contribution in [2.24, 2.45) is 5.92 Å². The van der Waals surface area contributed by atoms with E-state index in [1.54, 1.807) is 4.90 Å². The van der Waals surface area contributed by atoms with Crippen LogP contribution in [0.3, 0.4) is 0 Å². The van der Waals surface area contributed by atoms with Crippen LogP contribution in [-0.2, 0) is 9.59 Å². The molecule has 1 atom stereocenters. The van der Waals surface area contributed by atoms with E-state index >= 15 is 0 Å². The molecule has 0 radical (unpaired) electrons. The molecule has 0 aromatic rings. The Morgan fingerprint density at radius 2 is 2.12 bits per heavy atom. The maximum Gasteiger partial charge on any atom is 0.313 e. The van der Waals surface area contributed by atoms with Crippen molar-refractivity contribution in [3.05, 3.63) is 0 Å². The van der Waals surface area contributed by atoms with Crippen LogP contribution in [-0.4, -0.2) is 58.2 Å². The Morgan fingerprint density at radius 1 is 1.35 bits per heavy atom. The molecule has 1 saturated heterocycles. The Labute approximate surface area is 105 Å². The second-order valence-electron chi connectivity index (χ2n) is 4.25. The highest BCUT2D eigenvalue weighted by Gasteiger charge is 2.23. The average molecular weight is 261 g/mol. The number of carboxylic acids is 1. The van der Waals surface area contributed by atoms with Gasteiger partial charge in [-0.2, -0.15) is 0 Å². The van der Waals surface area contributed by atoms with Gasteiger partial charge in [-0.3, -0.25) is 9.59 Å². The Hall–Kier alpha value is -0.750. The van der Waals surface area contributed by atoms with Gasteiger partial charge in [0.1, 0.15) is 0 Å². The molecule has 1 aliphatic heterocycles. The number of aliphatic hydroxyl groups excluding tert-OH is 1. The number of likely N-dealkylation sites (tertiary alicyclic amines) is 1. The van der Waals surface area contributed by atoms with Crippen molar-refractivity contribution in [1.82, 2.24) is 4.90 Å². The zero-order valence-electron chi connectivity index (χ0n) is 9.80. The van der Waals surface area contributed by atoms with E-state index < -0.39 is 5.97 Å². The van der Waals surface area contributed by atoms with Crippen molar-refractivity contribution in [3.63, 3.8) is 0 Å². The van der Waals surface area contributed by atoms with Crippen molar-refractivity contribution in [1.29, 1.82) is 0 Å². The van der Waals surface area contributed by atoms with Crippen LogP contribution in [0.1, 0.15) is 19.3 Å². The van der Waals surface area contributed by atoms with Gasteiger partial charge in [-0.25, -0.2) is 0 Å². The molecule has 1 fully saturated rings. The van der Waals surface area contributed by atoms with E-state index in [1.165, 1.54) is 0 Å². The standard InChI is InChI=1S/C11H19NO4S/c13-5-3-9-2-1-4-12(6-9)10(14)7-17-8-11(15)16/h9,13H,1-8H2,(H,15,16). The summed E-state index contributed by atoms with van der Waals surface area (Å²) in [7, 11) is 0. The van der Waals surface area contributed by atoms with Gasteiger partial charge in [-0.05, 0) is 25.2 Å². The summed E-state index contributed by atoms with van der Waals surface area (Å²) in [5.41, 5.74) is 0. The zero-order valence-corrected chi connectivity index (χ0v) is 10.6. The Kier molecular flexibility index (Phi) is 6.36. The Morgan fingerprint density at radius 3 is 2.76 bits per heavy atom. The third kappa shape index (κ3) is 5.41. The van der Waals surface area contributed by atoms with E-state index in [2.05, 4.69) is 0 Å². The molecule has 0 aromatic heterocycles. The van der Waals surface area contributed by atoms with Gasteiger partial charge < -0.3 is 15.1 Å². The minimum absolute atomic E-state index is 0.0129. The molecule has 2 N–H and O–H groups in total. The first-order valence-electron chi connectivity index (χ1n) is 5.81. The number of hydrogen-bond donors (Lipinski definition) is 2. The van der Waals surface area contributed by atoms with Crippen LogP contribution in [0.2, 0.25) is 0 Å². The second-order valence-corrected chi connectivity index (χ2v) is 5.23. The van der Waals surface area contributed by atoms with Crippen LogP contribution in [0.4, 0.5) is 0 Å². The number of nitrogens with zero attached hydrogens (tertiary/aromatic N) is 1. The molecular weight excluding hydrogens is 242 g/mol. The molecule has 0 saturated carbocycles. The third-order valence-corrected chi connectivity index (χ3v) is 3.76. The Bertz CT molecular complexity index is 270. The quantitative estimate of drug-likeness (QED) is 0.725. The number of amides is 1. The first-order chi connectivity index (χ1) is 8.13. The summed E-state index contributed by atoms with van der Waals surface area (Å²) in [6.45, 7) is 1.63. The second kappa shape index (κ2) is 7.55. The summed E-state index contributed by atoms with van der Waals surface area (Å²) < 4.78 is 0. The number of rotatable bonds is 6. The minimum Gasteiger partial charge on any atom is -0.481 e. The molecule has 1 unspecified atom stereocenters. The highest BCUT2D eigenvalue weighted by molar-refractivity contribution is 8.00. The molecule has 0 bridgehead atoms. The summed E-state index contributed by atoms with van der Waals surface area (Å²) in [5, 5.41) is 17.3. The van der Waals surface area contributed by atoms with Crippen LogP contribution >= 0.6 is 11.8 Å². The molecule has 6 heteroatoms. The fourth-order valence-electron chi connectivity index (χ4n) is 2.03. The van der Waals surface area contributed by atoms with Crippen molar-refractivity contribution >= 4 is 23.6 Å². The molecule has 0 aromatic carbocycles. The molecule has 1 rings (SSSR count). The van der Waals surface area contributed by atoms with E-state index in [1.807, 2.05) is 0 Å². The fourth-order valence-corrected chi connectivity index (χ4v) is 2.66. The molecule has 1 amide bonds. The monoisotopic (exact) mass is 261 g/mol. The van der Waals surface area contributed by atoms with Gasteiger partial charge in [0.25, 0.3) is 0 Å². The molecule has 1 aliphatic rings. The lowest BCUT2D eigenvalue weighted by Gasteiger charge is -2.32. The van der Waals surface area contributed by atoms with E-state index in [0.29, 0.717) is 12.5 Å². The number of piperidine rings is 1. The number of carboxylic acid groups (broad SMARTS) is 1. The fraction of sp³-hybridized carbons (Fsp3) is 0.818. The average Bonchev–Trinajstić information content (AvgIpc) is 2.29. The smallest absolute Gasteiger partial charge is 0.313 e. The van der Waals surface area contributed by atoms with Crippen molar-refractivity contribution in [2.45, 2.75) is 19.3 Å². The minimum atomic E-state index is -0.889. The van der Waals surface area contributed by atoms with Gasteiger partial charge in [0.15, 0.2) is 0 Å². The highest BCUT2D eigenvalue weighted by Crippen LogP contribution is 2.19. The molecule has 98 valence electrons. The van der Waals surface area contributed by atoms with Crippen molar-refractivity contribution in [2.75, 3.05) is 31.2 Å². The molecule has 1 heterocycles. The zero-order chi connectivity index (χ0) is 12.7. The molecule has 17 heavy (non-hydrogen) atoms. The lowest BCUT2D eigenvalue weighted by molar-refractivity contribution is -0.133. The predicted octanol–water partition coefficient (Wildman–Crippen LogP) is 0.425. The predicted molar refractivity (Wildman–Crippen MR) is 66.0 cm³/mol. The largest absolute Gasteiger partial charge is 0.481 e. The molecular formula is C11H19NO4S. The lowest BCUT2D eigenvalue weighted by Crippen LogP contribution is -2.41. The van der Waals surface area contributed by atoms with Crippen LogP contribution in [0.5, 0.6) is 0 Å². The van der Waals surface area contributed by atoms with E-state index in [9.17, 15) is 9.59 Å². The first kappa shape index (κ1) is 14.3. The SMILES string of the molecule is O=C(O)CSCC(=O)N1CCCC(CCO)C1. The highest BCUT2D eigenvalue weighted by atomic mass is 32.2. The Balaban J connectivity index is 2.28. The topological polar surface area (TPSA) is 77.8 Å². The number of hydrogen-bond acceptors (Lipinski definition) is 4. The lowest BCUT2D eigenvalue weighted by atomic mass is 9.95. The number of carbonyl (C=O) groups is 2. The number of aliphatic hydroxyl groups is 1.